The Hall–Kier alpha value is -0.850. The molecule has 0 unspecified atom stereocenters. The van der Waals surface area contributed by atoms with Gasteiger partial charge >= 0.3 is 0 Å². The first kappa shape index (κ1) is 11.2. The molecule has 1 fully saturated rings. The van der Waals surface area contributed by atoms with E-state index in [1.807, 2.05) is 6.20 Å². The third-order valence-electron chi connectivity index (χ3n) is 2.71. The molecule has 0 heterocycles. The Morgan fingerprint density at radius 3 is 2.57 bits per heavy atom. The number of rotatable bonds is 5. The van der Waals surface area contributed by atoms with Gasteiger partial charge in [-0.25, -0.2) is 0 Å². The lowest BCUT2D eigenvalue weighted by Crippen LogP contribution is -1.94. The average molecular weight is 191 g/mol. The Balaban J connectivity index is 2.73. The van der Waals surface area contributed by atoms with Crippen molar-refractivity contribution in [1.82, 2.24) is 0 Å². The number of hydrogen-bond donors (Lipinski definition) is 0. The van der Waals surface area contributed by atoms with Crippen LogP contribution in [0.1, 0.15) is 40.0 Å². The van der Waals surface area contributed by atoms with Crippen LogP contribution in [0.3, 0.4) is 0 Å². The number of nitrogens with zero attached hydrogens (tertiary/aromatic N) is 1. The van der Waals surface area contributed by atoms with E-state index in [1.54, 1.807) is 5.57 Å². The molecule has 0 radical (unpaired) electrons. The van der Waals surface area contributed by atoms with Gasteiger partial charge in [-0.1, -0.05) is 19.4 Å². The van der Waals surface area contributed by atoms with Gasteiger partial charge in [0, 0.05) is 6.20 Å². The van der Waals surface area contributed by atoms with Crippen molar-refractivity contribution in [2.75, 3.05) is 0 Å². The molecule has 1 aliphatic rings. The Labute approximate surface area is 87.6 Å². The lowest BCUT2D eigenvalue weighted by atomic mass is 9.96. The minimum absolute atomic E-state index is 0.716. The van der Waals surface area contributed by atoms with E-state index in [2.05, 4.69) is 38.6 Å². The van der Waals surface area contributed by atoms with Crippen molar-refractivity contribution < 1.29 is 0 Å². The second kappa shape index (κ2) is 5.14. The summed E-state index contributed by atoms with van der Waals surface area (Å²) < 4.78 is 0. The van der Waals surface area contributed by atoms with Crippen LogP contribution in [0, 0.1) is 11.8 Å². The maximum absolute atomic E-state index is 3.78. The lowest BCUT2D eigenvalue weighted by Gasteiger charge is -2.10. The molecule has 14 heavy (non-hydrogen) atoms. The van der Waals surface area contributed by atoms with E-state index in [0.717, 1.165) is 12.3 Å². The zero-order valence-electron chi connectivity index (χ0n) is 9.59. The molecular weight excluding hydrogens is 170 g/mol. The summed E-state index contributed by atoms with van der Waals surface area (Å²) in [5, 5.41) is 0. The summed E-state index contributed by atoms with van der Waals surface area (Å²) >= 11 is 0. The first-order chi connectivity index (χ1) is 6.65. The third-order valence-corrected chi connectivity index (χ3v) is 2.71. The van der Waals surface area contributed by atoms with Crippen molar-refractivity contribution in [3.8, 4) is 0 Å². The highest BCUT2D eigenvalue weighted by molar-refractivity contribution is 5.31. The second-order valence-corrected chi connectivity index (χ2v) is 4.58. The van der Waals surface area contributed by atoms with Gasteiger partial charge in [0.1, 0.15) is 0 Å². The Morgan fingerprint density at radius 2 is 2.14 bits per heavy atom. The van der Waals surface area contributed by atoms with Gasteiger partial charge in [-0.2, -0.15) is 0 Å². The summed E-state index contributed by atoms with van der Waals surface area (Å²) in [4.78, 5) is 3.78. The van der Waals surface area contributed by atoms with Crippen LogP contribution in [0.25, 0.3) is 0 Å². The molecule has 0 atom stereocenters. The predicted octanol–water partition coefficient (Wildman–Crippen LogP) is 3.97. The maximum Gasteiger partial charge on any atom is 0.0263 e. The normalized spacial score (nSPS) is 18.9. The molecule has 1 rings (SSSR count). The first-order valence-corrected chi connectivity index (χ1v) is 5.47. The fourth-order valence-electron chi connectivity index (χ4n) is 1.72. The zero-order chi connectivity index (χ0) is 10.6. The smallest absolute Gasteiger partial charge is 0.0263 e. The molecule has 1 saturated carbocycles. The highest BCUT2D eigenvalue weighted by Crippen LogP contribution is 2.39. The summed E-state index contributed by atoms with van der Waals surface area (Å²) in [5.41, 5.74) is 3.04. The van der Waals surface area contributed by atoms with Gasteiger partial charge in [-0.05, 0) is 56.4 Å². The molecule has 0 aromatic heterocycles. The largest absolute Gasteiger partial charge is 0.273 e. The van der Waals surface area contributed by atoms with E-state index in [0.29, 0.717) is 5.92 Å². The van der Waals surface area contributed by atoms with Crippen LogP contribution in [0.15, 0.2) is 28.4 Å². The molecule has 0 N–H and O–H groups in total. The van der Waals surface area contributed by atoms with Crippen LogP contribution in [-0.2, 0) is 0 Å². The van der Waals surface area contributed by atoms with E-state index in [1.165, 1.54) is 18.4 Å². The molecule has 78 valence electrons. The molecule has 0 bridgehead atoms. The van der Waals surface area contributed by atoms with E-state index in [4.69, 9.17) is 0 Å². The second-order valence-electron chi connectivity index (χ2n) is 4.58. The molecule has 0 aromatic rings. The fourth-order valence-corrected chi connectivity index (χ4v) is 1.72. The molecule has 0 amide bonds. The van der Waals surface area contributed by atoms with Crippen molar-refractivity contribution in [3.05, 3.63) is 23.4 Å². The SMILES string of the molecule is C=N/C=C\C(CC(C)C)=C(/C)C1CC1. The minimum atomic E-state index is 0.716. The van der Waals surface area contributed by atoms with Crippen LogP contribution in [0.2, 0.25) is 0 Å². The summed E-state index contributed by atoms with van der Waals surface area (Å²) in [6, 6.07) is 0. The number of aliphatic imine (C=N–C) groups is 1. The molecule has 0 aromatic carbocycles. The summed E-state index contributed by atoms with van der Waals surface area (Å²) in [6.45, 7) is 10.3. The Bertz CT molecular complexity index is 254. The van der Waals surface area contributed by atoms with Gasteiger partial charge in [0.2, 0.25) is 0 Å². The first-order valence-electron chi connectivity index (χ1n) is 5.47. The summed E-state index contributed by atoms with van der Waals surface area (Å²) in [5.74, 6) is 1.58. The quantitative estimate of drug-likeness (QED) is 0.460. The van der Waals surface area contributed by atoms with Gasteiger partial charge < -0.3 is 0 Å². The topological polar surface area (TPSA) is 12.4 Å². The van der Waals surface area contributed by atoms with Crippen LogP contribution in [0.5, 0.6) is 0 Å². The molecule has 1 aliphatic carbocycles. The van der Waals surface area contributed by atoms with Crippen LogP contribution < -0.4 is 0 Å². The van der Waals surface area contributed by atoms with Gasteiger partial charge in [-0.3, -0.25) is 4.99 Å². The van der Waals surface area contributed by atoms with Crippen molar-refractivity contribution in [2.45, 2.75) is 40.0 Å². The highest BCUT2D eigenvalue weighted by atomic mass is 14.6. The van der Waals surface area contributed by atoms with Crippen LogP contribution in [0.4, 0.5) is 0 Å². The van der Waals surface area contributed by atoms with E-state index >= 15 is 0 Å². The molecule has 0 aliphatic heterocycles. The number of allylic oxidation sites excluding steroid dienone is 3. The van der Waals surface area contributed by atoms with Gasteiger partial charge in [0.25, 0.3) is 0 Å². The van der Waals surface area contributed by atoms with Gasteiger partial charge in [0.15, 0.2) is 0 Å². The molecular formula is C13H21N. The van der Waals surface area contributed by atoms with Crippen molar-refractivity contribution in [3.63, 3.8) is 0 Å². The number of hydrogen-bond acceptors (Lipinski definition) is 1. The standard InChI is InChI=1S/C13H21N/c1-10(2)9-13(7-8-14-4)11(3)12-5-6-12/h7-8,10,12H,4-6,9H2,1-3H3/b8-7-,13-11-. The van der Waals surface area contributed by atoms with E-state index in [-0.39, 0.29) is 0 Å². The maximum atomic E-state index is 3.78. The van der Waals surface area contributed by atoms with Crippen LogP contribution in [-0.4, -0.2) is 6.72 Å². The lowest BCUT2D eigenvalue weighted by molar-refractivity contribution is 0.643. The summed E-state index contributed by atoms with van der Waals surface area (Å²) in [7, 11) is 0. The average Bonchev–Trinajstić information content (AvgIpc) is 2.93. The van der Waals surface area contributed by atoms with Crippen molar-refractivity contribution in [2.24, 2.45) is 16.8 Å². The molecule has 0 saturated heterocycles. The molecule has 1 heteroatoms. The van der Waals surface area contributed by atoms with E-state index < -0.39 is 0 Å². The van der Waals surface area contributed by atoms with Gasteiger partial charge in [0.05, 0.1) is 0 Å². The highest BCUT2D eigenvalue weighted by Gasteiger charge is 2.24. The van der Waals surface area contributed by atoms with Gasteiger partial charge in [-0.15, -0.1) is 0 Å². The van der Waals surface area contributed by atoms with Crippen molar-refractivity contribution in [1.29, 1.82) is 0 Å². The Kier molecular flexibility index (Phi) is 4.12. The third kappa shape index (κ3) is 3.49. The zero-order valence-corrected chi connectivity index (χ0v) is 9.59. The molecule has 1 nitrogen and oxygen atoms in total. The Morgan fingerprint density at radius 1 is 1.50 bits per heavy atom. The minimum Gasteiger partial charge on any atom is -0.273 e. The van der Waals surface area contributed by atoms with Crippen LogP contribution >= 0.6 is 0 Å². The molecule has 0 spiro atoms. The predicted molar refractivity (Wildman–Crippen MR) is 63.6 cm³/mol. The van der Waals surface area contributed by atoms with Crippen molar-refractivity contribution >= 4 is 6.72 Å². The summed E-state index contributed by atoms with van der Waals surface area (Å²) in [6.07, 6.45) is 7.85. The van der Waals surface area contributed by atoms with E-state index in [9.17, 15) is 0 Å². The monoisotopic (exact) mass is 191 g/mol. The fraction of sp³-hybridized carbons (Fsp3) is 0.615.